The van der Waals surface area contributed by atoms with E-state index in [1.807, 2.05) is 51.1 Å². The van der Waals surface area contributed by atoms with Crippen molar-refractivity contribution in [3.63, 3.8) is 0 Å². The van der Waals surface area contributed by atoms with Crippen molar-refractivity contribution < 1.29 is 9.53 Å². The predicted molar refractivity (Wildman–Crippen MR) is 102 cm³/mol. The molecule has 0 N–H and O–H groups in total. The van der Waals surface area contributed by atoms with E-state index in [4.69, 9.17) is 16.3 Å². The maximum Gasteiger partial charge on any atom is 0.263 e. The van der Waals surface area contributed by atoms with Gasteiger partial charge in [0, 0.05) is 23.8 Å². The number of morpholine rings is 1. The summed E-state index contributed by atoms with van der Waals surface area (Å²) in [4.78, 5) is 27.6. The fraction of sp³-hybridized carbons (Fsp3) is 0.400. The number of amides is 1. The lowest BCUT2D eigenvalue weighted by Crippen LogP contribution is -2.45. The molecule has 0 saturated carbocycles. The second kappa shape index (κ2) is 7.64. The number of benzene rings is 1. The zero-order valence-corrected chi connectivity index (χ0v) is 16.0. The number of hydrogen-bond donors (Lipinski definition) is 0. The molecule has 0 bridgehead atoms. The lowest BCUT2D eigenvalue weighted by molar-refractivity contribution is -0.0229. The molecule has 1 saturated heterocycles. The van der Waals surface area contributed by atoms with Crippen LogP contribution in [0.2, 0.25) is 5.02 Å². The van der Waals surface area contributed by atoms with Gasteiger partial charge in [-0.3, -0.25) is 9.59 Å². The zero-order chi connectivity index (χ0) is 18.8. The third-order valence-electron chi connectivity index (χ3n) is 4.83. The number of aromatic nitrogens is 1. The van der Waals surface area contributed by atoms with Crippen molar-refractivity contribution in [1.29, 1.82) is 0 Å². The van der Waals surface area contributed by atoms with E-state index in [0.29, 0.717) is 31.3 Å². The summed E-state index contributed by atoms with van der Waals surface area (Å²) in [7, 11) is 0. The first-order valence-corrected chi connectivity index (χ1v) is 9.17. The van der Waals surface area contributed by atoms with Crippen LogP contribution in [0, 0.1) is 13.8 Å². The number of carbonyl (C=O) groups excluding carboxylic acids is 1. The largest absolute Gasteiger partial charge is 0.370 e. The number of rotatable bonds is 3. The van der Waals surface area contributed by atoms with Gasteiger partial charge in [0.2, 0.25) is 0 Å². The second-order valence-corrected chi connectivity index (χ2v) is 6.99. The van der Waals surface area contributed by atoms with E-state index in [0.717, 1.165) is 16.8 Å². The lowest BCUT2D eigenvalue weighted by Gasteiger charge is -2.33. The molecule has 1 fully saturated rings. The Morgan fingerprint density at radius 3 is 2.62 bits per heavy atom. The molecule has 3 rings (SSSR count). The maximum atomic E-state index is 13.1. The molecular formula is C20H23ClN2O3. The number of ether oxygens (including phenoxy) is 1. The fourth-order valence-corrected chi connectivity index (χ4v) is 3.58. The Kier molecular flexibility index (Phi) is 5.49. The van der Waals surface area contributed by atoms with Crippen molar-refractivity contribution >= 4 is 17.5 Å². The molecule has 1 aromatic carbocycles. The van der Waals surface area contributed by atoms with E-state index >= 15 is 0 Å². The smallest absolute Gasteiger partial charge is 0.263 e. The molecule has 1 amide bonds. The van der Waals surface area contributed by atoms with E-state index in [1.165, 1.54) is 0 Å². The summed E-state index contributed by atoms with van der Waals surface area (Å²) in [5, 5.41) is 0.660. The molecule has 6 heteroatoms. The summed E-state index contributed by atoms with van der Waals surface area (Å²) >= 11 is 5.94. The summed E-state index contributed by atoms with van der Waals surface area (Å²) in [6.45, 7) is 7.48. The molecule has 1 aromatic heterocycles. The van der Waals surface area contributed by atoms with E-state index in [-0.39, 0.29) is 23.1 Å². The molecule has 0 aliphatic carbocycles. The minimum atomic E-state index is -0.225. The van der Waals surface area contributed by atoms with Gasteiger partial charge < -0.3 is 14.2 Å². The quantitative estimate of drug-likeness (QED) is 0.827. The molecule has 2 heterocycles. The third-order valence-corrected chi connectivity index (χ3v) is 5.08. The van der Waals surface area contributed by atoms with Crippen molar-refractivity contribution in [2.45, 2.75) is 33.4 Å². The summed E-state index contributed by atoms with van der Waals surface area (Å²) < 4.78 is 7.46. The summed E-state index contributed by atoms with van der Waals surface area (Å²) in [5.41, 5.74) is 2.60. The molecule has 0 radical (unpaired) electrons. The van der Waals surface area contributed by atoms with Crippen LogP contribution in [0.1, 0.15) is 40.2 Å². The molecule has 26 heavy (non-hydrogen) atoms. The maximum absolute atomic E-state index is 13.1. The summed E-state index contributed by atoms with van der Waals surface area (Å²) in [6, 6.07) is 9.33. The van der Waals surface area contributed by atoms with Crippen molar-refractivity contribution in [2.24, 2.45) is 0 Å². The summed E-state index contributed by atoms with van der Waals surface area (Å²) in [6.07, 6.45) is -0.218. The van der Waals surface area contributed by atoms with Gasteiger partial charge in [-0.1, -0.05) is 23.7 Å². The first kappa shape index (κ1) is 18.7. The van der Waals surface area contributed by atoms with Crippen molar-refractivity contribution in [1.82, 2.24) is 9.47 Å². The number of pyridine rings is 1. The van der Waals surface area contributed by atoms with Crippen LogP contribution in [0.15, 0.2) is 35.1 Å². The van der Waals surface area contributed by atoms with Crippen LogP contribution in [0.5, 0.6) is 0 Å². The van der Waals surface area contributed by atoms with Crippen molar-refractivity contribution in [3.05, 3.63) is 68.1 Å². The monoisotopic (exact) mass is 374 g/mol. The Labute approximate surface area is 158 Å². The molecule has 0 spiro atoms. The Hall–Kier alpha value is -2.11. The van der Waals surface area contributed by atoms with E-state index in [2.05, 4.69) is 0 Å². The SMILES string of the molecule is CCn1c(C)cc(C)c(C(=O)N2CCO[C@H](c3ccc(Cl)cc3)C2)c1=O. The molecule has 5 nitrogen and oxygen atoms in total. The van der Waals surface area contributed by atoms with Crippen LogP contribution in [-0.4, -0.2) is 35.1 Å². The van der Waals surface area contributed by atoms with Crippen molar-refractivity contribution in [3.8, 4) is 0 Å². The molecule has 1 aliphatic heterocycles. The molecule has 2 aromatic rings. The Morgan fingerprint density at radius 1 is 1.27 bits per heavy atom. The van der Waals surface area contributed by atoms with Gasteiger partial charge in [-0.05, 0) is 50.1 Å². The number of nitrogens with zero attached hydrogens (tertiary/aromatic N) is 2. The summed E-state index contributed by atoms with van der Waals surface area (Å²) in [5.74, 6) is -0.225. The number of hydrogen-bond acceptors (Lipinski definition) is 3. The van der Waals surface area contributed by atoms with Gasteiger partial charge >= 0.3 is 0 Å². The van der Waals surface area contributed by atoms with Gasteiger partial charge in [0.25, 0.3) is 11.5 Å². The topological polar surface area (TPSA) is 51.5 Å². The lowest BCUT2D eigenvalue weighted by atomic mass is 10.1. The Bertz CT molecular complexity index is 874. The molecular weight excluding hydrogens is 352 g/mol. The minimum Gasteiger partial charge on any atom is -0.370 e. The van der Waals surface area contributed by atoms with Crippen LogP contribution >= 0.6 is 11.6 Å². The van der Waals surface area contributed by atoms with Gasteiger partial charge in [-0.25, -0.2) is 0 Å². The number of carbonyl (C=O) groups is 1. The first-order valence-electron chi connectivity index (χ1n) is 8.79. The number of halogens is 1. The van der Waals surface area contributed by atoms with E-state index < -0.39 is 0 Å². The van der Waals surface area contributed by atoms with Gasteiger partial charge in [-0.2, -0.15) is 0 Å². The number of aryl methyl sites for hydroxylation is 2. The van der Waals surface area contributed by atoms with Crippen LogP contribution in [0.4, 0.5) is 0 Å². The highest BCUT2D eigenvalue weighted by molar-refractivity contribution is 6.30. The van der Waals surface area contributed by atoms with Gasteiger partial charge in [0.15, 0.2) is 0 Å². The van der Waals surface area contributed by atoms with Crippen molar-refractivity contribution in [2.75, 3.05) is 19.7 Å². The molecule has 138 valence electrons. The second-order valence-electron chi connectivity index (χ2n) is 6.56. The highest BCUT2D eigenvalue weighted by atomic mass is 35.5. The average Bonchev–Trinajstić information content (AvgIpc) is 2.62. The molecule has 1 atom stereocenters. The molecule has 0 unspecified atom stereocenters. The third kappa shape index (κ3) is 3.55. The van der Waals surface area contributed by atoms with Crippen LogP contribution < -0.4 is 5.56 Å². The fourth-order valence-electron chi connectivity index (χ4n) is 3.45. The Morgan fingerprint density at radius 2 is 1.96 bits per heavy atom. The van der Waals surface area contributed by atoms with Gasteiger partial charge in [0.05, 0.1) is 13.2 Å². The van der Waals surface area contributed by atoms with Gasteiger partial charge in [0.1, 0.15) is 11.7 Å². The first-order chi connectivity index (χ1) is 12.4. The van der Waals surface area contributed by atoms with Crippen LogP contribution in [0.25, 0.3) is 0 Å². The van der Waals surface area contributed by atoms with Gasteiger partial charge in [-0.15, -0.1) is 0 Å². The molecule has 1 aliphatic rings. The Balaban J connectivity index is 1.88. The predicted octanol–water partition coefficient (Wildman–Crippen LogP) is 3.35. The van der Waals surface area contributed by atoms with E-state index in [9.17, 15) is 9.59 Å². The highest BCUT2D eigenvalue weighted by Gasteiger charge is 2.29. The minimum absolute atomic E-state index is 0.218. The standard InChI is InChI=1S/C20H23ClN2O3/c1-4-23-14(3)11-13(2)18(20(23)25)19(24)22-9-10-26-17(12-22)15-5-7-16(21)8-6-15/h5-8,11,17H,4,9-10,12H2,1-3H3/t17-/m0/s1. The van der Waals surface area contributed by atoms with E-state index in [1.54, 1.807) is 9.47 Å². The normalized spacial score (nSPS) is 17.4. The van der Waals surface area contributed by atoms with Crippen LogP contribution in [-0.2, 0) is 11.3 Å². The zero-order valence-electron chi connectivity index (χ0n) is 15.3. The average molecular weight is 375 g/mol. The van der Waals surface area contributed by atoms with Crippen LogP contribution in [0.3, 0.4) is 0 Å². The highest BCUT2D eigenvalue weighted by Crippen LogP contribution is 2.24.